The molecule has 0 aromatic heterocycles. The van der Waals surface area contributed by atoms with Crippen molar-refractivity contribution in [3.8, 4) is 11.5 Å². The van der Waals surface area contributed by atoms with Crippen LogP contribution in [-0.4, -0.2) is 29.4 Å². The molecule has 0 radical (unpaired) electrons. The van der Waals surface area contributed by atoms with Gasteiger partial charge in [0.25, 0.3) is 0 Å². The number of aromatic hydroxyl groups is 1. The van der Waals surface area contributed by atoms with Gasteiger partial charge in [-0.1, -0.05) is 83.6 Å². The number of rotatable bonds is 19. The molecule has 5 nitrogen and oxygen atoms in total. The minimum Gasteiger partial charge on any atom is -0.504 e. The molecule has 1 rings (SSSR count). The lowest BCUT2D eigenvalue weighted by Gasteiger charge is -2.10. The summed E-state index contributed by atoms with van der Waals surface area (Å²) in [5.74, 6) is -0.564. The topological polar surface area (TPSA) is 75.6 Å². The summed E-state index contributed by atoms with van der Waals surface area (Å²) in [6.45, 7) is 6.33. The first-order valence-electron chi connectivity index (χ1n) is 13.0. The van der Waals surface area contributed by atoms with E-state index in [1.54, 1.807) is 6.07 Å². The molecule has 0 fully saturated rings. The molecule has 1 aromatic rings. The van der Waals surface area contributed by atoms with Crippen LogP contribution in [-0.2, 0) is 4.79 Å². The molecule has 190 valence electrons. The number of nitrogens with one attached hydrogen (secondary N) is 1. The number of ether oxygens (including phenoxy) is 1. The predicted molar refractivity (Wildman–Crippen MR) is 141 cm³/mol. The molecule has 0 aliphatic carbocycles. The van der Waals surface area contributed by atoms with E-state index >= 15 is 0 Å². The maximum Gasteiger partial charge on any atom is 0.311 e. The highest BCUT2D eigenvalue weighted by Gasteiger charge is 2.13. The lowest BCUT2D eigenvalue weighted by molar-refractivity contribution is -0.134. The van der Waals surface area contributed by atoms with E-state index in [9.17, 15) is 14.7 Å². The molecule has 0 heterocycles. The molecule has 0 unspecified atom stereocenters. The SMILES string of the molecule is CCCCC=CCC=CCCCCCCCCC(=O)Oc1ccc(C(=O)CNC(C)C)cc1O. The number of carbonyl (C=O) groups excluding carboxylic acids is 2. The molecule has 5 heteroatoms. The summed E-state index contributed by atoms with van der Waals surface area (Å²) < 4.78 is 5.27. The number of ketones is 1. The lowest BCUT2D eigenvalue weighted by Crippen LogP contribution is -2.29. The van der Waals surface area contributed by atoms with Gasteiger partial charge in [-0.15, -0.1) is 0 Å². The van der Waals surface area contributed by atoms with Crippen LogP contribution in [0.5, 0.6) is 11.5 Å². The van der Waals surface area contributed by atoms with Gasteiger partial charge in [0.2, 0.25) is 0 Å². The van der Waals surface area contributed by atoms with Crippen LogP contribution in [0.3, 0.4) is 0 Å². The number of phenols is 1. The molecule has 0 atom stereocenters. The zero-order valence-electron chi connectivity index (χ0n) is 21.5. The third-order valence-corrected chi connectivity index (χ3v) is 5.51. The summed E-state index contributed by atoms with van der Waals surface area (Å²) in [6, 6.07) is 4.61. The molecule has 0 aliphatic heterocycles. The number of esters is 1. The van der Waals surface area contributed by atoms with Crippen LogP contribution in [0.25, 0.3) is 0 Å². The summed E-state index contributed by atoms with van der Waals surface area (Å²) in [7, 11) is 0. The number of hydrogen-bond acceptors (Lipinski definition) is 5. The number of Topliss-reactive ketones (excluding diaryl/α,β-unsaturated/α-hetero) is 1. The van der Waals surface area contributed by atoms with E-state index < -0.39 is 0 Å². The van der Waals surface area contributed by atoms with Crippen LogP contribution in [0.2, 0.25) is 0 Å². The molecule has 2 N–H and O–H groups in total. The van der Waals surface area contributed by atoms with Crippen molar-refractivity contribution < 1.29 is 19.4 Å². The zero-order valence-corrected chi connectivity index (χ0v) is 21.5. The Labute approximate surface area is 206 Å². The summed E-state index contributed by atoms with van der Waals surface area (Å²) in [5.41, 5.74) is 0.389. The van der Waals surface area contributed by atoms with Gasteiger partial charge in [0.05, 0.1) is 6.54 Å². The second kappa shape index (κ2) is 19.0. The van der Waals surface area contributed by atoms with Crippen molar-refractivity contribution in [2.75, 3.05) is 6.54 Å². The molecule has 0 spiro atoms. The third-order valence-electron chi connectivity index (χ3n) is 5.51. The number of unbranched alkanes of at least 4 members (excludes halogenated alkanes) is 8. The number of carbonyl (C=O) groups is 2. The summed E-state index contributed by atoms with van der Waals surface area (Å²) in [4.78, 5) is 24.2. The average molecular weight is 472 g/mol. The normalized spacial score (nSPS) is 11.6. The predicted octanol–water partition coefficient (Wildman–Crippen LogP) is 7.29. The van der Waals surface area contributed by atoms with Crippen LogP contribution in [0, 0.1) is 0 Å². The van der Waals surface area contributed by atoms with Gasteiger partial charge in [-0.25, -0.2) is 0 Å². The van der Waals surface area contributed by atoms with Crippen LogP contribution in [0.1, 0.15) is 108 Å². The first-order valence-corrected chi connectivity index (χ1v) is 13.0. The summed E-state index contributed by atoms with van der Waals surface area (Å²) in [5, 5.41) is 13.2. The Morgan fingerprint density at radius 1 is 0.941 bits per heavy atom. The highest BCUT2D eigenvalue weighted by atomic mass is 16.5. The zero-order chi connectivity index (χ0) is 25.0. The quantitative estimate of drug-likeness (QED) is 0.0728. The fraction of sp³-hybridized carbons (Fsp3) is 0.586. The summed E-state index contributed by atoms with van der Waals surface area (Å²) >= 11 is 0. The van der Waals surface area contributed by atoms with Gasteiger partial charge in [-0.3, -0.25) is 9.59 Å². The van der Waals surface area contributed by atoms with E-state index in [4.69, 9.17) is 4.74 Å². The fourth-order valence-electron chi connectivity index (χ4n) is 3.42. The second-order valence-electron chi connectivity index (χ2n) is 9.10. The first-order chi connectivity index (χ1) is 16.4. The molecule has 0 saturated heterocycles. The van der Waals surface area contributed by atoms with Crippen LogP contribution in [0.4, 0.5) is 0 Å². The van der Waals surface area contributed by atoms with E-state index in [1.807, 2.05) is 13.8 Å². The molecule has 1 aromatic carbocycles. The van der Waals surface area contributed by atoms with Gasteiger partial charge >= 0.3 is 5.97 Å². The van der Waals surface area contributed by atoms with Crippen LogP contribution in [0.15, 0.2) is 42.5 Å². The van der Waals surface area contributed by atoms with E-state index in [2.05, 4.69) is 36.5 Å². The highest BCUT2D eigenvalue weighted by Crippen LogP contribution is 2.27. The minimum absolute atomic E-state index is 0.0999. The van der Waals surface area contributed by atoms with Crippen molar-refractivity contribution in [2.45, 2.75) is 104 Å². The van der Waals surface area contributed by atoms with E-state index in [0.29, 0.717) is 12.0 Å². The monoisotopic (exact) mass is 471 g/mol. The van der Waals surface area contributed by atoms with Crippen molar-refractivity contribution in [1.29, 1.82) is 0 Å². The summed E-state index contributed by atoms with van der Waals surface area (Å²) in [6.07, 6.45) is 21.8. The van der Waals surface area contributed by atoms with E-state index in [-0.39, 0.29) is 35.8 Å². The fourth-order valence-corrected chi connectivity index (χ4v) is 3.42. The number of phenolic OH excluding ortho intramolecular Hbond substituents is 1. The van der Waals surface area contributed by atoms with E-state index in [1.165, 1.54) is 50.7 Å². The Hall–Kier alpha value is -2.40. The van der Waals surface area contributed by atoms with Gasteiger partial charge in [0.1, 0.15) is 0 Å². The number of benzene rings is 1. The van der Waals surface area contributed by atoms with Crippen molar-refractivity contribution >= 4 is 11.8 Å². The van der Waals surface area contributed by atoms with Gasteiger partial charge in [0, 0.05) is 18.0 Å². The Morgan fingerprint density at radius 2 is 1.59 bits per heavy atom. The van der Waals surface area contributed by atoms with E-state index in [0.717, 1.165) is 32.1 Å². The first kappa shape index (κ1) is 29.6. The molecular weight excluding hydrogens is 426 g/mol. The van der Waals surface area contributed by atoms with Gasteiger partial charge < -0.3 is 15.2 Å². The van der Waals surface area contributed by atoms with Gasteiger partial charge in [0.15, 0.2) is 17.3 Å². The van der Waals surface area contributed by atoms with Crippen LogP contribution >= 0.6 is 0 Å². The van der Waals surface area contributed by atoms with Crippen molar-refractivity contribution in [3.63, 3.8) is 0 Å². The molecule has 0 amide bonds. The Kier molecular flexibility index (Phi) is 16.5. The Morgan fingerprint density at radius 3 is 2.24 bits per heavy atom. The number of hydrogen-bond donors (Lipinski definition) is 2. The molecule has 34 heavy (non-hydrogen) atoms. The molecule has 0 aliphatic rings. The largest absolute Gasteiger partial charge is 0.504 e. The van der Waals surface area contributed by atoms with Crippen molar-refractivity contribution in [1.82, 2.24) is 5.32 Å². The maximum atomic E-state index is 12.1. The van der Waals surface area contributed by atoms with Gasteiger partial charge in [-0.2, -0.15) is 0 Å². The lowest BCUT2D eigenvalue weighted by atomic mass is 10.1. The van der Waals surface area contributed by atoms with Crippen LogP contribution < -0.4 is 10.1 Å². The average Bonchev–Trinajstić information content (AvgIpc) is 2.81. The Bertz CT molecular complexity index is 767. The standard InChI is InChI=1S/C29H45NO4/c1-4-5-6-7-8-9-10-11-12-13-14-15-16-17-18-19-29(33)34-28-21-20-25(22-26(28)31)27(32)23-30-24(2)3/h7-8,10-11,20-22,24,30-31H,4-6,9,12-19,23H2,1-3H3. The van der Waals surface area contributed by atoms with Crippen molar-refractivity contribution in [3.05, 3.63) is 48.1 Å². The second-order valence-corrected chi connectivity index (χ2v) is 9.10. The smallest absolute Gasteiger partial charge is 0.311 e. The number of allylic oxidation sites excluding steroid dienone is 4. The third kappa shape index (κ3) is 14.7. The molecule has 0 saturated carbocycles. The maximum absolute atomic E-state index is 12.1. The molecular formula is C29H45NO4. The minimum atomic E-state index is -0.357. The molecule has 0 bridgehead atoms. The Balaban J connectivity index is 2.11. The highest BCUT2D eigenvalue weighted by molar-refractivity contribution is 5.98. The van der Waals surface area contributed by atoms with Crippen molar-refractivity contribution in [2.24, 2.45) is 0 Å². The van der Waals surface area contributed by atoms with Gasteiger partial charge in [-0.05, 0) is 50.3 Å².